The number of nitrogens with zero attached hydrogens (tertiary/aromatic N) is 1. The first kappa shape index (κ1) is 10.5. The van der Waals surface area contributed by atoms with Crippen molar-refractivity contribution in [1.82, 2.24) is 4.90 Å². The van der Waals surface area contributed by atoms with Gasteiger partial charge in [0.2, 0.25) is 0 Å². The number of hydrogen-bond donors (Lipinski definition) is 0. The highest BCUT2D eigenvalue weighted by molar-refractivity contribution is 9.10. The van der Waals surface area contributed by atoms with E-state index >= 15 is 0 Å². The Labute approximate surface area is 91.6 Å². The molecule has 0 bridgehead atoms. The smallest absolute Gasteiger partial charge is 0.264 e. The lowest BCUT2D eigenvalue weighted by Gasteiger charge is -2.13. The van der Waals surface area contributed by atoms with E-state index in [1.54, 1.807) is 4.90 Å². The van der Waals surface area contributed by atoms with E-state index in [2.05, 4.69) is 15.9 Å². The van der Waals surface area contributed by atoms with E-state index in [1.165, 1.54) is 0 Å². The largest absolute Gasteiger partial charge is 0.432 e. The Morgan fingerprint density at radius 2 is 1.85 bits per heavy atom. The predicted octanol–water partition coefficient (Wildman–Crippen LogP) is 2.67. The van der Waals surface area contributed by atoms with Crippen LogP contribution in [0.3, 0.4) is 0 Å². The molecule has 13 heavy (non-hydrogen) atoms. The maximum absolute atomic E-state index is 5.37. The van der Waals surface area contributed by atoms with Crippen LogP contribution >= 0.6 is 28.1 Å². The van der Waals surface area contributed by atoms with Crippen molar-refractivity contribution in [1.29, 1.82) is 0 Å². The minimum atomic E-state index is 0.460. The van der Waals surface area contributed by atoms with E-state index < -0.39 is 0 Å². The molecule has 0 aliphatic rings. The van der Waals surface area contributed by atoms with Gasteiger partial charge < -0.3 is 9.64 Å². The minimum absolute atomic E-state index is 0.460. The van der Waals surface area contributed by atoms with Crippen molar-refractivity contribution < 1.29 is 4.74 Å². The molecule has 0 fully saturated rings. The molecule has 0 unspecified atom stereocenters. The van der Waals surface area contributed by atoms with Gasteiger partial charge in [0.25, 0.3) is 5.17 Å². The molecule has 0 spiro atoms. The van der Waals surface area contributed by atoms with Gasteiger partial charge in [-0.25, -0.2) is 0 Å². The van der Waals surface area contributed by atoms with Crippen LogP contribution in [0.15, 0.2) is 28.7 Å². The highest BCUT2D eigenvalue weighted by atomic mass is 79.9. The third-order valence-corrected chi connectivity index (χ3v) is 2.36. The lowest BCUT2D eigenvalue weighted by molar-refractivity contribution is 0.449. The van der Waals surface area contributed by atoms with Crippen LogP contribution in [0.2, 0.25) is 0 Å². The number of benzene rings is 1. The van der Waals surface area contributed by atoms with Crippen LogP contribution in [0, 0.1) is 0 Å². The first-order valence-electron chi connectivity index (χ1n) is 3.74. The Morgan fingerprint density at radius 3 is 2.31 bits per heavy atom. The predicted molar refractivity (Wildman–Crippen MR) is 61.1 cm³/mol. The van der Waals surface area contributed by atoms with Crippen LogP contribution in [0.4, 0.5) is 0 Å². The van der Waals surface area contributed by atoms with E-state index in [4.69, 9.17) is 17.0 Å². The molecule has 0 N–H and O–H groups in total. The summed E-state index contributed by atoms with van der Waals surface area (Å²) in [4.78, 5) is 1.75. The first-order chi connectivity index (χ1) is 6.09. The SMILES string of the molecule is CN(C)C(=S)Oc1ccc(Br)cc1. The Balaban J connectivity index is 2.65. The van der Waals surface area contributed by atoms with Crippen molar-refractivity contribution in [2.45, 2.75) is 0 Å². The highest BCUT2D eigenvalue weighted by Gasteiger charge is 2.00. The van der Waals surface area contributed by atoms with Gasteiger partial charge in [-0.2, -0.15) is 0 Å². The monoisotopic (exact) mass is 259 g/mol. The zero-order valence-electron chi connectivity index (χ0n) is 7.45. The van der Waals surface area contributed by atoms with Crippen LogP contribution in [-0.2, 0) is 0 Å². The van der Waals surface area contributed by atoms with Crippen LogP contribution < -0.4 is 4.74 Å². The first-order valence-corrected chi connectivity index (χ1v) is 4.94. The second-order valence-electron chi connectivity index (χ2n) is 2.72. The molecule has 0 aliphatic carbocycles. The fourth-order valence-corrected chi connectivity index (χ4v) is 1.06. The number of halogens is 1. The van der Waals surface area contributed by atoms with E-state index in [0.29, 0.717) is 5.17 Å². The van der Waals surface area contributed by atoms with Gasteiger partial charge in [0, 0.05) is 18.6 Å². The van der Waals surface area contributed by atoms with Crippen molar-refractivity contribution in [3.8, 4) is 5.75 Å². The average Bonchev–Trinajstić information content (AvgIpc) is 2.08. The van der Waals surface area contributed by atoms with Crippen LogP contribution in [0.1, 0.15) is 0 Å². The van der Waals surface area contributed by atoms with Gasteiger partial charge in [-0.05, 0) is 36.5 Å². The Bertz CT molecular complexity index is 297. The summed E-state index contributed by atoms with van der Waals surface area (Å²) in [5, 5.41) is 0.460. The lowest BCUT2D eigenvalue weighted by atomic mass is 10.3. The van der Waals surface area contributed by atoms with Crippen molar-refractivity contribution in [3.05, 3.63) is 28.7 Å². The summed E-state index contributed by atoms with van der Waals surface area (Å²) in [7, 11) is 3.70. The van der Waals surface area contributed by atoms with Gasteiger partial charge in [0.1, 0.15) is 5.75 Å². The normalized spacial score (nSPS) is 9.46. The van der Waals surface area contributed by atoms with Gasteiger partial charge in [0.05, 0.1) is 0 Å². The van der Waals surface area contributed by atoms with Gasteiger partial charge in [-0.1, -0.05) is 15.9 Å². The molecule has 1 aromatic rings. The molecule has 0 heterocycles. The number of hydrogen-bond acceptors (Lipinski definition) is 2. The third-order valence-electron chi connectivity index (χ3n) is 1.38. The fraction of sp³-hybridized carbons (Fsp3) is 0.222. The second-order valence-corrected chi connectivity index (χ2v) is 3.98. The number of thiocarbonyl (C=S) groups is 1. The molecule has 70 valence electrons. The van der Waals surface area contributed by atoms with Gasteiger partial charge >= 0.3 is 0 Å². The summed E-state index contributed by atoms with van der Waals surface area (Å²) in [5.74, 6) is 0.752. The van der Waals surface area contributed by atoms with Gasteiger partial charge in [-0.3, -0.25) is 0 Å². The molecule has 0 amide bonds. The molecule has 0 saturated heterocycles. The van der Waals surface area contributed by atoms with Crippen LogP contribution in [0.5, 0.6) is 5.75 Å². The average molecular weight is 260 g/mol. The summed E-state index contributed by atoms with van der Waals surface area (Å²) in [6, 6.07) is 7.54. The summed E-state index contributed by atoms with van der Waals surface area (Å²) in [6.45, 7) is 0. The highest BCUT2D eigenvalue weighted by Crippen LogP contribution is 2.16. The lowest BCUT2D eigenvalue weighted by Crippen LogP contribution is -2.24. The quantitative estimate of drug-likeness (QED) is 0.720. The minimum Gasteiger partial charge on any atom is -0.432 e. The Kier molecular flexibility index (Phi) is 3.69. The maximum atomic E-state index is 5.37. The molecule has 0 atom stereocenters. The zero-order valence-corrected chi connectivity index (χ0v) is 9.85. The molecule has 0 saturated carbocycles. The molecular formula is C9H10BrNOS. The third kappa shape index (κ3) is 3.32. The molecule has 0 radical (unpaired) electrons. The van der Waals surface area contributed by atoms with E-state index in [0.717, 1.165) is 10.2 Å². The standard InChI is InChI=1S/C9H10BrNOS/c1-11(2)9(13)12-8-5-3-7(10)4-6-8/h3-6H,1-2H3. The molecular weight excluding hydrogens is 250 g/mol. The van der Waals surface area contributed by atoms with E-state index in [-0.39, 0.29) is 0 Å². The summed E-state index contributed by atoms with van der Waals surface area (Å²) < 4.78 is 6.39. The van der Waals surface area contributed by atoms with Crippen LogP contribution in [0.25, 0.3) is 0 Å². The molecule has 2 nitrogen and oxygen atoms in total. The van der Waals surface area contributed by atoms with Crippen molar-refractivity contribution >= 4 is 33.3 Å². The Hall–Kier alpha value is -0.610. The van der Waals surface area contributed by atoms with Crippen molar-refractivity contribution in [3.63, 3.8) is 0 Å². The molecule has 1 rings (SSSR count). The number of ether oxygens (including phenoxy) is 1. The van der Waals surface area contributed by atoms with Gasteiger partial charge in [-0.15, -0.1) is 0 Å². The Morgan fingerprint density at radius 1 is 1.31 bits per heavy atom. The maximum Gasteiger partial charge on any atom is 0.264 e. The second kappa shape index (κ2) is 4.58. The molecule has 0 aliphatic heterocycles. The van der Waals surface area contributed by atoms with Crippen LogP contribution in [-0.4, -0.2) is 24.2 Å². The summed E-state index contributed by atoms with van der Waals surface area (Å²) in [5.41, 5.74) is 0. The topological polar surface area (TPSA) is 12.5 Å². The molecule has 1 aromatic carbocycles. The summed E-state index contributed by atoms with van der Waals surface area (Å²) in [6.07, 6.45) is 0. The number of rotatable bonds is 1. The van der Waals surface area contributed by atoms with Crippen molar-refractivity contribution in [2.75, 3.05) is 14.1 Å². The van der Waals surface area contributed by atoms with Crippen molar-refractivity contribution in [2.24, 2.45) is 0 Å². The van der Waals surface area contributed by atoms with Gasteiger partial charge in [0.15, 0.2) is 0 Å². The van der Waals surface area contributed by atoms with E-state index in [9.17, 15) is 0 Å². The molecule has 0 aromatic heterocycles. The fourth-order valence-electron chi connectivity index (χ4n) is 0.695. The zero-order chi connectivity index (χ0) is 9.84. The van der Waals surface area contributed by atoms with E-state index in [1.807, 2.05) is 38.4 Å². The summed E-state index contributed by atoms with van der Waals surface area (Å²) >= 11 is 8.33. The molecule has 4 heteroatoms.